The third-order valence-corrected chi connectivity index (χ3v) is 7.32. The maximum atomic E-state index is 13.0. The topological polar surface area (TPSA) is 56.1 Å². The van der Waals surface area contributed by atoms with E-state index in [-0.39, 0.29) is 23.2 Å². The number of hydrogen-bond donors (Lipinski definition) is 1. The van der Waals surface area contributed by atoms with E-state index in [0.29, 0.717) is 5.92 Å². The summed E-state index contributed by atoms with van der Waals surface area (Å²) in [5.74, 6) is 0.330. The Bertz CT molecular complexity index is 1080. The quantitative estimate of drug-likeness (QED) is 0.575. The molecule has 0 radical (unpaired) electrons. The molecule has 1 fully saturated rings. The second-order valence-electron chi connectivity index (χ2n) is 10.5. The molecule has 4 nitrogen and oxygen atoms in total. The van der Waals surface area contributed by atoms with E-state index in [2.05, 4.69) is 42.3 Å². The maximum absolute atomic E-state index is 13.0. The van der Waals surface area contributed by atoms with E-state index in [0.717, 1.165) is 56.4 Å². The minimum atomic E-state index is -0.277. The Kier molecular flexibility index (Phi) is 7.48. The summed E-state index contributed by atoms with van der Waals surface area (Å²) in [5.41, 5.74) is 4.30. The van der Waals surface area contributed by atoms with Crippen LogP contribution in [0.15, 0.2) is 48.5 Å². The first kappa shape index (κ1) is 24.2. The van der Waals surface area contributed by atoms with Crippen LogP contribution in [0.25, 0.3) is 6.08 Å². The highest BCUT2D eigenvalue weighted by Gasteiger charge is 2.32. The molecule has 1 aliphatic heterocycles. The van der Waals surface area contributed by atoms with Crippen LogP contribution in [0.5, 0.6) is 0 Å². The van der Waals surface area contributed by atoms with Crippen LogP contribution in [0.4, 0.5) is 4.39 Å². The summed E-state index contributed by atoms with van der Waals surface area (Å²) in [7, 11) is 0. The Hall–Kier alpha value is -2.97. The fraction of sp³-hybridized carbons (Fsp3) is 0.448. The number of halogens is 1. The van der Waals surface area contributed by atoms with Gasteiger partial charge in [-0.3, -0.25) is 9.69 Å². The minimum Gasteiger partial charge on any atom is -0.350 e. The highest BCUT2D eigenvalue weighted by molar-refractivity contribution is 5.91. The summed E-state index contributed by atoms with van der Waals surface area (Å²) in [4.78, 5) is 14.8. The fourth-order valence-electron chi connectivity index (χ4n) is 5.51. The lowest BCUT2D eigenvalue weighted by molar-refractivity contribution is -0.117. The number of nitrogens with one attached hydrogen (secondary N) is 1. The van der Waals surface area contributed by atoms with Crippen molar-refractivity contribution in [1.82, 2.24) is 10.2 Å². The van der Waals surface area contributed by atoms with Crippen LogP contribution in [0.1, 0.15) is 68.2 Å². The van der Waals surface area contributed by atoms with Crippen LogP contribution >= 0.6 is 0 Å². The minimum absolute atomic E-state index is 0.0845. The molecule has 1 saturated carbocycles. The second-order valence-corrected chi connectivity index (χ2v) is 10.5. The summed E-state index contributed by atoms with van der Waals surface area (Å²) < 4.78 is 13.0. The number of carbonyl (C=O) groups excluding carboxylic acids is 1. The van der Waals surface area contributed by atoms with Gasteiger partial charge < -0.3 is 5.32 Å². The smallest absolute Gasteiger partial charge is 0.244 e. The molecule has 2 aromatic rings. The third-order valence-electron chi connectivity index (χ3n) is 7.32. The van der Waals surface area contributed by atoms with Gasteiger partial charge in [0, 0.05) is 30.6 Å². The summed E-state index contributed by atoms with van der Waals surface area (Å²) in [6.45, 7) is 7.62. The molecule has 0 saturated heterocycles. The van der Waals surface area contributed by atoms with Crippen LogP contribution in [0, 0.1) is 23.1 Å². The Morgan fingerprint density at radius 1 is 1.18 bits per heavy atom. The molecule has 4 rings (SSSR count). The molecular formula is C29H34FN3O. The fourth-order valence-corrected chi connectivity index (χ4v) is 5.51. The Balaban J connectivity index is 1.22. The van der Waals surface area contributed by atoms with Gasteiger partial charge in [-0.1, -0.05) is 32.0 Å². The van der Waals surface area contributed by atoms with Gasteiger partial charge in [-0.05, 0) is 91.6 Å². The number of fused-ring (bicyclic) bond motifs is 1. The zero-order chi connectivity index (χ0) is 24.1. The van der Waals surface area contributed by atoms with Gasteiger partial charge in [-0.2, -0.15) is 5.26 Å². The Morgan fingerprint density at radius 3 is 2.62 bits per heavy atom. The predicted octanol–water partition coefficient (Wildman–Crippen LogP) is 5.57. The number of hydrogen-bond acceptors (Lipinski definition) is 3. The van der Waals surface area contributed by atoms with Crippen molar-refractivity contribution in [3.05, 3.63) is 76.6 Å². The number of nitriles is 1. The van der Waals surface area contributed by atoms with Crippen LogP contribution in [0.3, 0.4) is 0 Å². The molecule has 2 aliphatic rings. The molecule has 1 N–H and O–H groups in total. The van der Waals surface area contributed by atoms with Gasteiger partial charge >= 0.3 is 0 Å². The van der Waals surface area contributed by atoms with Crippen molar-refractivity contribution in [3.63, 3.8) is 0 Å². The molecule has 0 aromatic heterocycles. The van der Waals surface area contributed by atoms with Crippen molar-refractivity contribution in [2.45, 2.75) is 64.0 Å². The average molecular weight is 460 g/mol. The first-order valence-electron chi connectivity index (χ1n) is 12.3. The number of rotatable bonds is 6. The van der Waals surface area contributed by atoms with Crippen molar-refractivity contribution in [2.24, 2.45) is 5.92 Å². The van der Waals surface area contributed by atoms with Gasteiger partial charge in [0.15, 0.2) is 0 Å². The Labute approximate surface area is 202 Å². The zero-order valence-electron chi connectivity index (χ0n) is 20.2. The van der Waals surface area contributed by atoms with Crippen molar-refractivity contribution < 1.29 is 9.18 Å². The van der Waals surface area contributed by atoms with Crippen molar-refractivity contribution >= 4 is 12.0 Å². The maximum Gasteiger partial charge on any atom is 0.244 e. The highest BCUT2D eigenvalue weighted by Crippen LogP contribution is 2.35. The molecular weight excluding hydrogens is 425 g/mol. The normalized spacial score (nSPS) is 22.2. The van der Waals surface area contributed by atoms with Crippen LogP contribution in [-0.4, -0.2) is 29.9 Å². The van der Waals surface area contributed by atoms with E-state index in [1.54, 1.807) is 18.2 Å². The first-order valence-corrected chi connectivity index (χ1v) is 12.3. The molecule has 1 amide bonds. The number of benzene rings is 2. The summed E-state index contributed by atoms with van der Waals surface area (Å²) in [6.07, 6.45) is 8.74. The van der Waals surface area contributed by atoms with E-state index in [1.807, 2.05) is 6.07 Å². The predicted molar refractivity (Wildman–Crippen MR) is 133 cm³/mol. The molecule has 178 valence electrons. The zero-order valence-corrected chi connectivity index (χ0v) is 20.2. The average Bonchev–Trinajstić information content (AvgIpc) is 2.82. The highest BCUT2D eigenvalue weighted by atomic mass is 19.1. The van der Waals surface area contributed by atoms with Gasteiger partial charge in [0.25, 0.3) is 0 Å². The van der Waals surface area contributed by atoms with Gasteiger partial charge in [0.1, 0.15) is 5.82 Å². The molecule has 0 atom stereocenters. The lowest BCUT2D eigenvalue weighted by Crippen LogP contribution is -2.43. The molecule has 0 spiro atoms. The largest absolute Gasteiger partial charge is 0.350 e. The van der Waals surface area contributed by atoms with Crippen molar-refractivity contribution in [1.29, 1.82) is 5.26 Å². The van der Waals surface area contributed by atoms with Gasteiger partial charge in [-0.15, -0.1) is 0 Å². The molecule has 2 aromatic carbocycles. The van der Waals surface area contributed by atoms with E-state index in [4.69, 9.17) is 0 Å². The van der Waals surface area contributed by atoms with E-state index in [1.165, 1.54) is 35.8 Å². The summed E-state index contributed by atoms with van der Waals surface area (Å²) in [6, 6.07) is 14.7. The standard InChI is InChI=1S/C29H34FN3O/c1-29(2)20-33(19-24-17-23(18-31)7-13-27(24)29)16-15-22-5-11-26(12-6-22)32-28(34)14-8-21-3-9-25(30)10-4-21/h3-4,7-10,13-14,17,22,26H,5-6,11-12,15-16,19-20H2,1-2H3,(H,32,34)/b14-8+. The Morgan fingerprint density at radius 2 is 1.91 bits per heavy atom. The van der Waals surface area contributed by atoms with Crippen LogP contribution < -0.4 is 5.32 Å². The van der Waals surface area contributed by atoms with Gasteiger partial charge in [0.2, 0.25) is 5.91 Å². The third kappa shape index (κ3) is 6.12. The molecule has 1 aliphatic carbocycles. The first-order chi connectivity index (χ1) is 16.3. The van der Waals surface area contributed by atoms with Crippen molar-refractivity contribution in [3.8, 4) is 6.07 Å². The summed E-state index contributed by atoms with van der Waals surface area (Å²) in [5, 5.41) is 12.4. The molecule has 34 heavy (non-hydrogen) atoms. The summed E-state index contributed by atoms with van der Waals surface area (Å²) >= 11 is 0. The van der Waals surface area contributed by atoms with E-state index >= 15 is 0 Å². The van der Waals surface area contributed by atoms with Crippen molar-refractivity contribution in [2.75, 3.05) is 13.1 Å². The van der Waals surface area contributed by atoms with Gasteiger partial charge in [-0.25, -0.2) is 4.39 Å². The van der Waals surface area contributed by atoms with E-state index in [9.17, 15) is 14.4 Å². The lowest BCUT2D eigenvalue weighted by atomic mass is 9.77. The molecule has 1 heterocycles. The van der Waals surface area contributed by atoms with Gasteiger partial charge in [0.05, 0.1) is 11.6 Å². The monoisotopic (exact) mass is 459 g/mol. The van der Waals surface area contributed by atoms with E-state index < -0.39 is 0 Å². The number of nitrogens with zero attached hydrogens (tertiary/aromatic N) is 2. The molecule has 0 unspecified atom stereocenters. The SMILES string of the molecule is CC1(C)CN(CCC2CCC(NC(=O)/C=C/c3ccc(F)cc3)CC2)Cc2cc(C#N)ccc21. The molecule has 5 heteroatoms. The second kappa shape index (κ2) is 10.5. The lowest BCUT2D eigenvalue weighted by Gasteiger charge is -2.41. The number of amides is 1. The van der Waals surface area contributed by atoms with Crippen LogP contribution in [0.2, 0.25) is 0 Å². The van der Waals surface area contributed by atoms with Crippen LogP contribution in [-0.2, 0) is 16.8 Å². The number of carbonyl (C=O) groups is 1. The molecule has 0 bridgehead atoms.